The molecule has 2 aromatic rings. The lowest BCUT2D eigenvalue weighted by molar-refractivity contribution is 0.111. The maximum atomic E-state index is 11.3. The summed E-state index contributed by atoms with van der Waals surface area (Å²) < 4.78 is 1.85. The topological polar surface area (TPSA) is 47.8 Å². The maximum Gasteiger partial charge on any atom is 0.172 e. The lowest BCUT2D eigenvalue weighted by Gasteiger charge is -2.21. The van der Waals surface area contributed by atoms with Crippen LogP contribution >= 0.6 is 0 Å². The molecule has 4 heteroatoms. The van der Waals surface area contributed by atoms with Crippen molar-refractivity contribution in [2.24, 2.45) is 5.92 Å². The van der Waals surface area contributed by atoms with Gasteiger partial charge in [0.15, 0.2) is 6.29 Å². The highest BCUT2D eigenvalue weighted by Gasteiger charge is 2.18. The van der Waals surface area contributed by atoms with Gasteiger partial charge in [0, 0.05) is 0 Å². The number of hydrogen-bond donors (Lipinski definition) is 0. The molecule has 1 aliphatic carbocycles. The Morgan fingerprint density at radius 1 is 1.13 bits per heavy atom. The molecule has 4 nitrogen and oxygen atoms in total. The van der Waals surface area contributed by atoms with Crippen molar-refractivity contribution in [2.75, 3.05) is 0 Å². The minimum atomic E-state index is 0.486. The van der Waals surface area contributed by atoms with E-state index in [1.54, 1.807) is 0 Å². The molecule has 0 atom stereocenters. The van der Waals surface area contributed by atoms with Crippen LogP contribution in [0.3, 0.4) is 0 Å². The molecule has 1 saturated carbocycles. The number of nitrogens with zero attached hydrogens (tertiary/aromatic N) is 3. The zero-order valence-electron chi connectivity index (χ0n) is 14.1. The van der Waals surface area contributed by atoms with E-state index in [-0.39, 0.29) is 0 Å². The predicted molar refractivity (Wildman–Crippen MR) is 91.1 cm³/mol. The van der Waals surface area contributed by atoms with Crippen LogP contribution in [0.25, 0.3) is 5.69 Å². The zero-order valence-corrected chi connectivity index (χ0v) is 14.1. The number of carbonyl (C=O) groups is 1. The second-order valence-corrected chi connectivity index (χ2v) is 6.84. The number of rotatable bonds is 5. The van der Waals surface area contributed by atoms with Gasteiger partial charge in [0.2, 0.25) is 0 Å². The molecule has 0 bridgehead atoms. The van der Waals surface area contributed by atoms with E-state index < -0.39 is 0 Å². The van der Waals surface area contributed by atoms with Gasteiger partial charge in [-0.15, -0.1) is 5.10 Å². The fourth-order valence-corrected chi connectivity index (χ4v) is 3.74. The molecule has 0 amide bonds. The lowest BCUT2D eigenvalue weighted by atomic mass is 9.85. The first kappa shape index (κ1) is 15.9. The molecule has 0 radical (unpaired) electrons. The molecule has 0 aliphatic heterocycles. The normalized spacial score (nSPS) is 15.7. The maximum absolute atomic E-state index is 11.3. The SMILES string of the molecule is Cc1cc(C)cc(-n2nnc(C=O)c2CCC2CCCCC2)c1. The van der Waals surface area contributed by atoms with Crippen LogP contribution in [0, 0.1) is 19.8 Å². The summed E-state index contributed by atoms with van der Waals surface area (Å²) >= 11 is 0. The van der Waals surface area contributed by atoms with Crippen LogP contribution in [0.4, 0.5) is 0 Å². The minimum Gasteiger partial charge on any atom is -0.296 e. The van der Waals surface area contributed by atoms with E-state index in [1.807, 2.05) is 4.68 Å². The summed E-state index contributed by atoms with van der Waals surface area (Å²) in [5.74, 6) is 0.783. The van der Waals surface area contributed by atoms with Gasteiger partial charge in [0.1, 0.15) is 5.69 Å². The molecule has 1 aromatic heterocycles. The summed E-state index contributed by atoms with van der Waals surface area (Å²) in [5, 5.41) is 8.32. The van der Waals surface area contributed by atoms with Crippen LogP contribution in [0.15, 0.2) is 18.2 Å². The van der Waals surface area contributed by atoms with E-state index in [0.717, 1.165) is 36.4 Å². The second kappa shape index (κ2) is 7.07. The van der Waals surface area contributed by atoms with Crippen molar-refractivity contribution in [2.45, 2.75) is 58.8 Å². The van der Waals surface area contributed by atoms with Crippen LogP contribution in [-0.2, 0) is 6.42 Å². The van der Waals surface area contributed by atoms with E-state index in [2.05, 4.69) is 42.4 Å². The molecule has 1 aromatic carbocycles. The van der Waals surface area contributed by atoms with Crippen LogP contribution in [0.2, 0.25) is 0 Å². The van der Waals surface area contributed by atoms with Gasteiger partial charge in [-0.25, -0.2) is 4.68 Å². The average Bonchev–Trinajstić information content (AvgIpc) is 2.96. The van der Waals surface area contributed by atoms with Gasteiger partial charge in [-0.05, 0) is 55.9 Å². The minimum absolute atomic E-state index is 0.486. The van der Waals surface area contributed by atoms with Crippen molar-refractivity contribution in [3.63, 3.8) is 0 Å². The van der Waals surface area contributed by atoms with Gasteiger partial charge in [-0.3, -0.25) is 4.79 Å². The molecule has 3 rings (SSSR count). The lowest BCUT2D eigenvalue weighted by Crippen LogP contribution is -2.10. The van der Waals surface area contributed by atoms with E-state index in [0.29, 0.717) is 5.69 Å². The van der Waals surface area contributed by atoms with E-state index in [9.17, 15) is 4.79 Å². The van der Waals surface area contributed by atoms with Gasteiger partial charge in [0.05, 0.1) is 11.4 Å². The number of aromatic nitrogens is 3. The van der Waals surface area contributed by atoms with Gasteiger partial charge >= 0.3 is 0 Å². The summed E-state index contributed by atoms with van der Waals surface area (Å²) in [5.41, 5.74) is 4.83. The van der Waals surface area contributed by atoms with Crippen molar-refractivity contribution in [3.05, 3.63) is 40.7 Å². The van der Waals surface area contributed by atoms with E-state index >= 15 is 0 Å². The monoisotopic (exact) mass is 311 g/mol. The predicted octanol–water partition coefficient (Wildman–Crippen LogP) is 4.21. The van der Waals surface area contributed by atoms with Crippen molar-refractivity contribution < 1.29 is 4.79 Å². The Hall–Kier alpha value is -1.97. The average molecular weight is 311 g/mol. The summed E-state index contributed by atoms with van der Waals surface area (Å²) in [4.78, 5) is 11.3. The van der Waals surface area contributed by atoms with Crippen molar-refractivity contribution in [1.82, 2.24) is 15.0 Å². The van der Waals surface area contributed by atoms with Gasteiger partial charge < -0.3 is 0 Å². The Morgan fingerprint density at radius 2 is 1.83 bits per heavy atom. The van der Waals surface area contributed by atoms with Crippen LogP contribution in [0.5, 0.6) is 0 Å². The molecular formula is C19H25N3O. The summed E-state index contributed by atoms with van der Waals surface area (Å²) in [6, 6.07) is 6.34. The van der Waals surface area contributed by atoms with Crippen molar-refractivity contribution >= 4 is 6.29 Å². The third-order valence-corrected chi connectivity index (χ3v) is 4.87. The summed E-state index contributed by atoms with van der Waals surface area (Å²) in [6.07, 6.45) is 9.54. The molecule has 0 N–H and O–H groups in total. The third-order valence-electron chi connectivity index (χ3n) is 4.87. The Labute approximate surface area is 137 Å². The molecule has 0 saturated heterocycles. The Morgan fingerprint density at radius 3 is 2.48 bits per heavy atom. The smallest absolute Gasteiger partial charge is 0.172 e. The number of aryl methyl sites for hydroxylation is 2. The highest BCUT2D eigenvalue weighted by atomic mass is 16.1. The van der Waals surface area contributed by atoms with Crippen LogP contribution < -0.4 is 0 Å². The molecule has 122 valence electrons. The number of benzene rings is 1. The zero-order chi connectivity index (χ0) is 16.2. The number of hydrogen-bond acceptors (Lipinski definition) is 3. The molecule has 0 spiro atoms. The first-order valence-corrected chi connectivity index (χ1v) is 8.66. The summed E-state index contributed by atoms with van der Waals surface area (Å²) in [6.45, 7) is 4.16. The Balaban J connectivity index is 1.85. The highest BCUT2D eigenvalue weighted by molar-refractivity contribution is 5.73. The Bertz CT molecular complexity index is 664. The second-order valence-electron chi connectivity index (χ2n) is 6.84. The fourth-order valence-electron chi connectivity index (χ4n) is 3.74. The molecular weight excluding hydrogens is 286 g/mol. The quantitative estimate of drug-likeness (QED) is 0.777. The molecule has 1 aliphatic rings. The first-order chi connectivity index (χ1) is 11.2. The van der Waals surface area contributed by atoms with Gasteiger partial charge in [-0.2, -0.15) is 0 Å². The van der Waals surface area contributed by atoms with Gasteiger partial charge in [0.25, 0.3) is 0 Å². The van der Waals surface area contributed by atoms with E-state index in [1.165, 1.54) is 43.2 Å². The third kappa shape index (κ3) is 3.69. The Kier molecular flexibility index (Phi) is 4.89. The largest absolute Gasteiger partial charge is 0.296 e. The molecule has 23 heavy (non-hydrogen) atoms. The number of carbonyl (C=O) groups excluding carboxylic acids is 1. The first-order valence-electron chi connectivity index (χ1n) is 8.66. The van der Waals surface area contributed by atoms with Crippen LogP contribution in [0.1, 0.15) is 65.8 Å². The van der Waals surface area contributed by atoms with Gasteiger partial charge in [-0.1, -0.05) is 43.4 Å². The standard InChI is InChI=1S/C19H25N3O/c1-14-10-15(2)12-17(11-14)22-19(18(13-23)20-21-22)9-8-16-6-4-3-5-7-16/h10-13,16H,3-9H2,1-2H3. The fraction of sp³-hybridized carbons (Fsp3) is 0.526. The molecule has 1 heterocycles. The van der Waals surface area contributed by atoms with Crippen molar-refractivity contribution in [1.29, 1.82) is 0 Å². The van der Waals surface area contributed by atoms with Crippen LogP contribution in [-0.4, -0.2) is 21.3 Å². The highest BCUT2D eigenvalue weighted by Crippen LogP contribution is 2.28. The van der Waals surface area contributed by atoms with Crippen molar-refractivity contribution in [3.8, 4) is 5.69 Å². The molecule has 0 unspecified atom stereocenters. The summed E-state index contributed by atoms with van der Waals surface area (Å²) in [7, 11) is 0. The number of aldehydes is 1. The van der Waals surface area contributed by atoms with E-state index in [4.69, 9.17) is 0 Å². The molecule has 1 fully saturated rings.